The van der Waals surface area contributed by atoms with Crippen molar-refractivity contribution in [2.75, 3.05) is 52.5 Å². The average Bonchev–Trinajstić information content (AvgIpc) is 3.54. The number of benzene rings is 3. The Hall–Kier alpha value is -3.07. The normalized spacial score (nSPS) is 11.1. The average molecular weight is 698 g/mol. The third kappa shape index (κ3) is 12.8. The van der Waals surface area contributed by atoms with Crippen molar-refractivity contribution in [1.82, 2.24) is 19.4 Å². The number of aliphatic hydroxyl groups excluding tert-OH is 1. The van der Waals surface area contributed by atoms with Crippen LogP contribution in [0.25, 0.3) is 16.9 Å². The molecule has 4 aromatic rings. The molecular weight excluding hydrogens is 643 g/mol. The van der Waals surface area contributed by atoms with Crippen LogP contribution in [0.5, 0.6) is 17.2 Å². The van der Waals surface area contributed by atoms with Crippen LogP contribution in [0, 0.1) is 0 Å². The van der Waals surface area contributed by atoms with Gasteiger partial charge < -0.3 is 28.9 Å². The number of imidazole rings is 1. The maximum absolute atomic E-state index is 8.48. The van der Waals surface area contributed by atoms with E-state index < -0.39 is 0 Å². The number of aliphatic hydroxyl groups is 1. The van der Waals surface area contributed by atoms with Crippen molar-refractivity contribution < 1.29 is 14.6 Å². The Labute approximate surface area is 298 Å². The zero-order valence-electron chi connectivity index (χ0n) is 29.4. The molecule has 3 aromatic carbocycles. The number of rotatable bonds is 19. The summed E-state index contributed by atoms with van der Waals surface area (Å²) in [6.45, 7) is 18.3. The fourth-order valence-corrected chi connectivity index (χ4v) is 5.51. The van der Waals surface area contributed by atoms with Crippen molar-refractivity contribution in [3.63, 3.8) is 0 Å². The summed E-state index contributed by atoms with van der Waals surface area (Å²) in [6, 6.07) is 21.5. The highest BCUT2D eigenvalue weighted by Gasteiger charge is 2.12. The second kappa shape index (κ2) is 21.8. The highest BCUT2D eigenvalue weighted by Crippen LogP contribution is 2.30. The van der Waals surface area contributed by atoms with Crippen LogP contribution in [0.1, 0.15) is 66.1 Å². The van der Waals surface area contributed by atoms with Crippen molar-refractivity contribution in [3.8, 4) is 34.2 Å². The van der Waals surface area contributed by atoms with Crippen molar-refractivity contribution in [1.29, 1.82) is 0 Å². The predicted octanol–water partition coefficient (Wildman–Crippen LogP) is 9.80. The Morgan fingerprint density at radius 2 is 1.31 bits per heavy atom. The largest absolute Gasteiger partial charge is 0.494 e. The number of nitrogens with zero attached hydrogens (tertiary/aromatic N) is 4. The molecule has 0 radical (unpaired) electrons. The smallest absolute Gasteiger partial charge is 0.129 e. The van der Waals surface area contributed by atoms with Crippen LogP contribution in [0.2, 0.25) is 10.0 Å². The van der Waals surface area contributed by atoms with E-state index in [4.69, 9.17) is 42.8 Å². The van der Waals surface area contributed by atoms with E-state index >= 15 is 0 Å². The third-order valence-electron chi connectivity index (χ3n) is 8.23. The first-order chi connectivity index (χ1) is 23.3. The molecule has 0 saturated carbocycles. The first-order valence-electron chi connectivity index (χ1n) is 17.5. The standard InChI is InChI=1S/C32H37Cl2N3O2.C7H17NO/c1-4-7-9-32-35-31(24-10-14-26(15-11-24)38-21-8-20-36(5-2)6-3)23-37(32)25-12-16-27(17-13-25)39-28-18-19-29(33)30(34)22-28;1-3-8(4-2)6-5-7-9/h10-19,22-23H,4-9,20-21H2,1-3H3;9H,3-7H2,1-2H3. The van der Waals surface area contributed by atoms with Gasteiger partial charge in [0.15, 0.2) is 0 Å². The summed E-state index contributed by atoms with van der Waals surface area (Å²) in [4.78, 5) is 9.72. The van der Waals surface area contributed by atoms with Crippen molar-refractivity contribution in [3.05, 3.63) is 88.8 Å². The summed E-state index contributed by atoms with van der Waals surface area (Å²) in [5.74, 6) is 3.30. The second-order valence-corrected chi connectivity index (χ2v) is 12.4. The lowest BCUT2D eigenvalue weighted by Gasteiger charge is -2.17. The van der Waals surface area contributed by atoms with Crippen LogP contribution in [0.3, 0.4) is 0 Å². The fraction of sp³-hybridized carbons (Fsp3) is 0.462. The van der Waals surface area contributed by atoms with Gasteiger partial charge in [0.05, 0.1) is 22.3 Å². The van der Waals surface area contributed by atoms with Gasteiger partial charge in [-0.2, -0.15) is 0 Å². The quantitative estimate of drug-likeness (QED) is 0.0985. The SMILES string of the molecule is CCCCc1nc(-c2ccc(OCCCN(CC)CC)cc2)cn1-c1ccc(Oc2ccc(Cl)c(Cl)c2)cc1.CCN(CC)CCCO. The molecule has 0 bridgehead atoms. The van der Waals surface area contributed by atoms with E-state index in [-0.39, 0.29) is 0 Å². The minimum atomic E-state index is 0.316. The molecule has 4 rings (SSSR count). The molecule has 0 atom stereocenters. The van der Waals surface area contributed by atoms with E-state index in [1.807, 2.05) is 36.4 Å². The molecule has 0 aliphatic heterocycles. The van der Waals surface area contributed by atoms with Gasteiger partial charge in [0.2, 0.25) is 0 Å². The van der Waals surface area contributed by atoms with Crippen LogP contribution in [-0.2, 0) is 6.42 Å². The van der Waals surface area contributed by atoms with E-state index in [0.29, 0.717) is 22.4 Å². The Balaban J connectivity index is 0.000000609. The lowest BCUT2D eigenvalue weighted by Crippen LogP contribution is -2.25. The van der Waals surface area contributed by atoms with E-state index in [0.717, 1.165) is 112 Å². The highest BCUT2D eigenvalue weighted by atomic mass is 35.5. The maximum Gasteiger partial charge on any atom is 0.129 e. The minimum absolute atomic E-state index is 0.316. The summed E-state index contributed by atoms with van der Waals surface area (Å²) in [6.07, 6.45) is 7.13. The number of aromatic nitrogens is 2. The van der Waals surface area contributed by atoms with Gasteiger partial charge in [-0.25, -0.2) is 4.98 Å². The van der Waals surface area contributed by atoms with Crippen LogP contribution in [-0.4, -0.2) is 76.9 Å². The molecule has 0 aliphatic carbocycles. The molecule has 1 heterocycles. The zero-order chi connectivity index (χ0) is 34.7. The molecule has 7 nitrogen and oxygen atoms in total. The molecule has 48 heavy (non-hydrogen) atoms. The van der Waals surface area contributed by atoms with E-state index in [1.54, 1.807) is 18.2 Å². The molecule has 0 fully saturated rings. The summed E-state index contributed by atoms with van der Waals surface area (Å²) in [7, 11) is 0. The topological polar surface area (TPSA) is 63.0 Å². The Kier molecular flexibility index (Phi) is 17.9. The minimum Gasteiger partial charge on any atom is -0.494 e. The Morgan fingerprint density at radius 1 is 0.708 bits per heavy atom. The molecule has 1 N–H and O–H groups in total. The van der Waals surface area contributed by atoms with Gasteiger partial charge >= 0.3 is 0 Å². The number of halogens is 2. The van der Waals surface area contributed by atoms with Crippen molar-refractivity contribution >= 4 is 23.2 Å². The Bertz CT molecular complexity index is 1450. The summed E-state index contributed by atoms with van der Waals surface area (Å²) >= 11 is 12.1. The van der Waals surface area contributed by atoms with Gasteiger partial charge in [0.1, 0.15) is 23.1 Å². The van der Waals surface area contributed by atoms with E-state index in [9.17, 15) is 0 Å². The van der Waals surface area contributed by atoms with Crippen molar-refractivity contribution in [2.45, 2.75) is 66.7 Å². The number of aryl methyl sites for hydroxylation is 1. The first kappa shape index (κ1) is 39.4. The van der Waals surface area contributed by atoms with Gasteiger partial charge in [0, 0.05) is 49.6 Å². The molecule has 0 spiro atoms. The molecule has 0 unspecified atom stereocenters. The molecule has 0 aliphatic rings. The maximum atomic E-state index is 8.48. The molecule has 0 amide bonds. The van der Waals surface area contributed by atoms with Gasteiger partial charge in [-0.15, -0.1) is 0 Å². The summed E-state index contributed by atoms with van der Waals surface area (Å²) in [5, 5.41) is 9.45. The second-order valence-electron chi connectivity index (χ2n) is 11.5. The van der Waals surface area contributed by atoms with Crippen LogP contribution >= 0.6 is 23.2 Å². The van der Waals surface area contributed by atoms with Crippen LogP contribution in [0.15, 0.2) is 72.9 Å². The zero-order valence-corrected chi connectivity index (χ0v) is 30.9. The molecule has 9 heteroatoms. The number of hydrogen-bond donors (Lipinski definition) is 1. The lowest BCUT2D eigenvalue weighted by atomic mass is 10.1. The van der Waals surface area contributed by atoms with E-state index in [1.165, 1.54) is 0 Å². The number of ether oxygens (including phenoxy) is 2. The Morgan fingerprint density at radius 3 is 1.90 bits per heavy atom. The fourth-order valence-electron chi connectivity index (χ4n) is 5.22. The molecule has 1 aromatic heterocycles. The molecule has 262 valence electrons. The summed E-state index contributed by atoms with van der Waals surface area (Å²) in [5.41, 5.74) is 3.06. The van der Waals surface area contributed by atoms with E-state index in [2.05, 4.69) is 67.3 Å². The highest BCUT2D eigenvalue weighted by molar-refractivity contribution is 6.42. The predicted molar refractivity (Wildman–Crippen MR) is 202 cm³/mol. The number of hydrogen-bond acceptors (Lipinski definition) is 6. The third-order valence-corrected chi connectivity index (χ3v) is 8.97. The van der Waals surface area contributed by atoms with Gasteiger partial charge in [-0.3, -0.25) is 0 Å². The monoisotopic (exact) mass is 696 g/mol. The van der Waals surface area contributed by atoms with Crippen LogP contribution < -0.4 is 9.47 Å². The molecular formula is C39H54Cl2N4O3. The number of unbranched alkanes of at least 4 members (excludes halogenated alkanes) is 1. The van der Waals surface area contributed by atoms with Gasteiger partial charge in [0.25, 0.3) is 0 Å². The van der Waals surface area contributed by atoms with Gasteiger partial charge in [-0.05, 0) is 106 Å². The molecule has 0 saturated heterocycles. The van der Waals surface area contributed by atoms with Gasteiger partial charge in [-0.1, -0.05) is 64.2 Å². The van der Waals surface area contributed by atoms with Crippen LogP contribution in [0.4, 0.5) is 0 Å². The lowest BCUT2D eigenvalue weighted by molar-refractivity contribution is 0.236. The van der Waals surface area contributed by atoms with Crippen molar-refractivity contribution in [2.24, 2.45) is 0 Å². The first-order valence-corrected chi connectivity index (χ1v) is 18.2. The summed E-state index contributed by atoms with van der Waals surface area (Å²) < 4.78 is 14.1.